The van der Waals surface area contributed by atoms with E-state index in [-0.39, 0.29) is 35.8 Å². The summed E-state index contributed by atoms with van der Waals surface area (Å²) >= 11 is 5.78. The smallest absolute Gasteiger partial charge is 0.274 e. The van der Waals surface area contributed by atoms with Crippen molar-refractivity contribution in [2.75, 3.05) is 18.5 Å². The number of ketones is 1. The Morgan fingerprint density at radius 1 is 1.26 bits per heavy atom. The number of aliphatic hydroxyl groups is 1. The molecule has 4 rings (SSSR count). The molecule has 0 saturated heterocycles. The first kappa shape index (κ1) is 31.7. The van der Waals surface area contributed by atoms with Gasteiger partial charge in [0.05, 0.1) is 17.0 Å². The van der Waals surface area contributed by atoms with E-state index in [0.29, 0.717) is 28.9 Å². The van der Waals surface area contributed by atoms with E-state index in [0.717, 1.165) is 18.4 Å². The Labute approximate surface area is 233 Å². The molecule has 2 aromatic heterocycles. The first-order valence-electron chi connectivity index (χ1n) is 12.8. The highest BCUT2D eigenvalue weighted by Crippen LogP contribution is 2.38. The first-order chi connectivity index (χ1) is 18.6. The van der Waals surface area contributed by atoms with E-state index in [1.807, 2.05) is 19.9 Å². The molecule has 1 aliphatic carbocycles. The molecule has 0 bridgehead atoms. The predicted octanol–water partition coefficient (Wildman–Crippen LogP) is 5.30. The molecule has 2 heterocycles. The van der Waals surface area contributed by atoms with Crippen LogP contribution in [0.4, 0.5) is 10.1 Å². The van der Waals surface area contributed by atoms with E-state index in [1.54, 1.807) is 41.9 Å². The molecule has 2 unspecified atom stereocenters. The number of hydrogen-bond donors (Lipinski definition) is 2. The quantitative estimate of drug-likeness (QED) is 0.386. The molecule has 0 radical (unpaired) electrons. The molecular formula is C28H37ClFN5O4. The summed E-state index contributed by atoms with van der Waals surface area (Å²) in [6.07, 6.45) is 7.10. The number of Topliss-reactive ketones (excluding diaryl/α,β-unsaturated/α-hetero) is 1. The average molecular weight is 562 g/mol. The minimum Gasteiger partial charge on any atom is -0.469 e. The Morgan fingerprint density at radius 2 is 1.97 bits per heavy atom. The van der Waals surface area contributed by atoms with Crippen molar-refractivity contribution in [3.05, 3.63) is 65.1 Å². The number of halogens is 2. The second kappa shape index (κ2) is 15.2. The van der Waals surface area contributed by atoms with E-state index >= 15 is 0 Å². The molecule has 9 nitrogen and oxygen atoms in total. The summed E-state index contributed by atoms with van der Waals surface area (Å²) in [7, 11) is 3.54. The highest BCUT2D eigenvalue weighted by atomic mass is 35.5. The van der Waals surface area contributed by atoms with Crippen LogP contribution in [0.2, 0.25) is 5.02 Å². The van der Waals surface area contributed by atoms with Crippen molar-refractivity contribution in [1.82, 2.24) is 19.3 Å². The lowest BCUT2D eigenvalue weighted by Gasteiger charge is -2.14. The third-order valence-corrected chi connectivity index (χ3v) is 6.27. The molecule has 39 heavy (non-hydrogen) atoms. The zero-order valence-corrected chi connectivity index (χ0v) is 24.0. The number of aliphatic hydroxyl groups excluding tert-OH is 1. The van der Waals surface area contributed by atoms with Crippen LogP contribution in [0.1, 0.15) is 56.7 Å². The molecular weight excluding hydrogens is 525 g/mol. The maximum absolute atomic E-state index is 13.3. The average Bonchev–Trinajstić information content (AvgIpc) is 3.64. The number of amides is 1. The molecule has 2 atom stereocenters. The first-order valence-corrected chi connectivity index (χ1v) is 13.2. The Kier molecular flexibility index (Phi) is 12.3. The molecule has 0 saturated carbocycles. The highest BCUT2D eigenvalue weighted by molar-refractivity contribution is 6.31. The molecule has 3 aromatic rings. The van der Waals surface area contributed by atoms with Crippen LogP contribution in [0, 0.1) is 17.7 Å². The van der Waals surface area contributed by atoms with Crippen molar-refractivity contribution < 1.29 is 23.8 Å². The van der Waals surface area contributed by atoms with Gasteiger partial charge in [0, 0.05) is 44.6 Å². The van der Waals surface area contributed by atoms with Crippen molar-refractivity contribution in [2.45, 2.75) is 40.5 Å². The number of allylic oxidation sites excluding steroid dienone is 1. The van der Waals surface area contributed by atoms with E-state index in [9.17, 15) is 19.1 Å². The second-order valence-corrected chi connectivity index (χ2v) is 9.27. The summed E-state index contributed by atoms with van der Waals surface area (Å²) in [6.45, 7) is 7.75. The third kappa shape index (κ3) is 8.76. The molecule has 0 aliphatic heterocycles. The maximum Gasteiger partial charge on any atom is 0.274 e. The molecule has 1 aromatic carbocycles. The van der Waals surface area contributed by atoms with Crippen LogP contribution in [0.5, 0.6) is 5.88 Å². The number of anilines is 1. The Balaban J connectivity index is 0.000000343. The van der Waals surface area contributed by atoms with Crippen molar-refractivity contribution in [2.24, 2.45) is 25.9 Å². The number of carbonyl (C=O) groups is 2. The van der Waals surface area contributed by atoms with Gasteiger partial charge in [-0.15, -0.1) is 5.10 Å². The van der Waals surface area contributed by atoms with E-state index < -0.39 is 5.82 Å². The molecule has 1 aliphatic rings. The van der Waals surface area contributed by atoms with Gasteiger partial charge in [-0.1, -0.05) is 44.9 Å². The fourth-order valence-corrected chi connectivity index (χ4v) is 4.24. The van der Waals surface area contributed by atoms with Gasteiger partial charge in [-0.3, -0.25) is 14.3 Å². The van der Waals surface area contributed by atoms with Crippen molar-refractivity contribution >= 4 is 34.6 Å². The summed E-state index contributed by atoms with van der Waals surface area (Å²) in [6, 6.07) is 5.75. The number of nitrogens with one attached hydrogen (secondary N) is 1. The summed E-state index contributed by atoms with van der Waals surface area (Å²) in [5.74, 6) is 0.0396. The van der Waals surface area contributed by atoms with Gasteiger partial charge in [-0.05, 0) is 43.0 Å². The minimum atomic E-state index is -0.539. The molecule has 2 N–H and O–H groups in total. The Bertz CT molecular complexity index is 1290. The number of aromatic nitrogens is 4. The van der Waals surface area contributed by atoms with Crippen molar-refractivity contribution in [3.8, 4) is 5.88 Å². The monoisotopic (exact) mass is 561 g/mol. The molecule has 1 amide bonds. The molecule has 0 spiro atoms. The second-order valence-electron chi connectivity index (χ2n) is 8.86. The highest BCUT2D eigenvalue weighted by Gasteiger charge is 2.30. The summed E-state index contributed by atoms with van der Waals surface area (Å²) in [4.78, 5) is 27.6. The topological polar surface area (TPSA) is 111 Å². The van der Waals surface area contributed by atoms with Gasteiger partial charge in [-0.25, -0.2) is 9.37 Å². The molecule has 11 heteroatoms. The van der Waals surface area contributed by atoms with Gasteiger partial charge in [0.25, 0.3) is 5.91 Å². The van der Waals surface area contributed by atoms with E-state index in [4.69, 9.17) is 16.3 Å². The van der Waals surface area contributed by atoms with Gasteiger partial charge in [-0.2, -0.15) is 0 Å². The van der Waals surface area contributed by atoms with Crippen LogP contribution in [-0.4, -0.2) is 49.3 Å². The Morgan fingerprint density at radius 3 is 2.51 bits per heavy atom. The third-order valence-electron chi connectivity index (χ3n) is 5.98. The number of imidazole rings is 1. The van der Waals surface area contributed by atoms with Gasteiger partial charge in [0.2, 0.25) is 5.88 Å². The van der Waals surface area contributed by atoms with Crippen LogP contribution in [0.15, 0.2) is 42.9 Å². The maximum atomic E-state index is 13.3. The van der Waals surface area contributed by atoms with Gasteiger partial charge in [0.1, 0.15) is 18.1 Å². The molecule has 0 fully saturated rings. The number of ether oxygens (including phenoxy) is 1. The summed E-state index contributed by atoms with van der Waals surface area (Å²) in [5, 5.41) is 16.2. The van der Waals surface area contributed by atoms with Crippen LogP contribution < -0.4 is 10.1 Å². The largest absolute Gasteiger partial charge is 0.469 e. The SMILES string of the molecule is CC.CC(=O)COc1ccn(C)n1.CCC1CC(c2ncn(C)c2C(=O)Nc2ccc(F)c(Cl)c2)=CC1CO. The fourth-order valence-electron chi connectivity index (χ4n) is 4.06. The lowest BCUT2D eigenvalue weighted by molar-refractivity contribution is -0.119. The number of rotatable bonds is 8. The number of aryl methyl sites for hydroxylation is 2. The van der Waals surface area contributed by atoms with Crippen LogP contribution in [0.25, 0.3) is 5.57 Å². The van der Waals surface area contributed by atoms with Crippen molar-refractivity contribution in [1.29, 1.82) is 0 Å². The van der Waals surface area contributed by atoms with Crippen LogP contribution in [0.3, 0.4) is 0 Å². The number of benzene rings is 1. The number of hydrogen-bond acceptors (Lipinski definition) is 6. The van der Waals surface area contributed by atoms with E-state index in [2.05, 4.69) is 22.3 Å². The van der Waals surface area contributed by atoms with Gasteiger partial charge in [0.15, 0.2) is 5.78 Å². The van der Waals surface area contributed by atoms with Crippen molar-refractivity contribution in [3.63, 3.8) is 0 Å². The van der Waals surface area contributed by atoms with Gasteiger partial charge < -0.3 is 19.7 Å². The predicted molar refractivity (Wildman–Crippen MR) is 150 cm³/mol. The molecule has 212 valence electrons. The lowest BCUT2D eigenvalue weighted by Crippen LogP contribution is -2.17. The van der Waals surface area contributed by atoms with E-state index in [1.165, 1.54) is 25.1 Å². The normalized spacial score (nSPS) is 15.9. The number of nitrogens with zero attached hydrogens (tertiary/aromatic N) is 4. The van der Waals surface area contributed by atoms with Crippen LogP contribution >= 0.6 is 11.6 Å². The number of carbonyl (C=O) groups excluding carboxylic acids is 2. The summed E-state index contributed by atoms with van der Waals surface area (Å²) < 4.78 is 21.6. The zero-order chi connectivity index (χ0) is 29.1. The lowest BCUT2D eigenvalue weighted by atomic mass is 9.93. The zero-order valence-electron chi connectivity index (χ0n) is 23.2. The summed E-state index contributed by atoms with van der Waals surface area (Å²) in [5.41, 5.74) is 2.42. The fraction of sp³-hybridized carbons (Fsp3) is 0.429. The van der Waals surface area contributed by atoms with Crippen LogP contribution in [-0.2, 0) is 18.9 Å². The Hall–Kier alpha value is -3.50. The van der Waals surface area contributed by atoms with Gasteiger partial charge >= 0.3 is 0 Å². The minimum absolute atomic E-state index is 0.00402. The standard InChI is InChI=1S/C19H21ClFN3O2.C7H10N2O2.C2H6/c1-3-11-6-12(7-13(11)9-25)17-18(24(2)10-22-17)19(26)23-14-4-5-16(21)15(20)8-14;1-6(10)5-11-7-3-4-9(2)8-7;1-2/h4-5,7-8,10-11,13,25H,3,6,9H2,1-2H3,(H,23,26);3-4H,5H2,1-2H3;1-2H3.